The van der Waals surface area contributed by atoms with Crippen LogP contribution in [-0.4, -0.2) is 38.8 Å². The maximum Gasteiger partial charge on any atom is 0.204 e. The molecule has 3 aromatic heterocycles. The second-order valence-electron chi connectivity index (χ2n) is 8.75. The highest BCUT2D eigenvalue weighted by Gasteiger charge is 2.28. The largest absolute Gasteiger partial charge is 0.493 e. The minimum Gasteiger partial charge on any atom is -0.493 e. The van der Waals surface area contributed by atoms with Crippen LogP contribution in [0, 0.1) is 18.8 Å². The standard InChI is InChI=1S/C25H25N5O4/c1-15-29-19(12-32-15)22-13-33-21-9-17(8-20(31-4)23(21)34-22)11-30-14-28-18-7-16(10-27-24(18)30)5-6-25(2,3)26/h7-10,12,14,22H,11,13,26H2,1-4H3. The smallest absolute Gasteiger partial charge is 0.204 e. The number of hydrogen-bond donors (Lipinski definition) is 1. The third-order valence-corrected chi connectivity index (χ3v) is 5.25. The Hall–Kier alpha value is -4.03. The summed E-state index contributed by atoms with van der Waals surface area (Å²) in [5.74, 6) is 8.39. The molecule has 0 spiro atoms. The van der Waals surface area contributed by atoms with Crippen molar-refractivity contribution in [3.63, 3.8) is 0 Å². The van der Waals surface area contributed by atoms with Crippen LogP contribution in [0.2, 0.25) is 0 Å². The van der Waals surface area contributed by atoms with Crippen LogP contribution in [0.25, 0.3) is 11.2 Å². The van der Waals surface area contributed by atoms with Crippen molar-refractivity contribution in [1.29, 1.82) is 0 Å². The average Bonchev–Trinajstić information content (AvgIpc) is 3.42. The van der Waals surface area contributed by atoms with E-state index in [2.05, 4.69) is 26.8 Å². The molecule has 5 rings (SSSR count). The molecule has 9 heteroatoms. The quantitative estimate of drug-likeness (QED) is 0.463. The Kier molecular flexibility index (Phi) is 5.38. The van der Waals surface area contributed by atoms with Crippen molar-refractivity contribution in [1.82, 2.24) is 19.5 Å². The monoisotopic (exact) mass is 459 g/mol. The molecule has 9 nitrogen and oxygen atoms in total. The number of rotatable bonds is 4. The Bertz CT molecular complexity index is 1400. The van der Waals surface area contributed by atoms with E-state index < -0.39 is 5.54 Å². The van der Waals surface area contributed by atoms with Crippen LogP contribution in [0.1, 0.15) is 42.7 Å². The first kappa shape index (κ1) is 21.8. The summed E-state index contributed by atoms with van der Waals surface area (Å²) in [7, 11) is 1.60. The molecule has 1 unspecified atom stereocenters. The lowest BCUT2D eigenvalue weighted by Gasteiger charge is -2.27. The zero-order valence-electron chi connectivity index (χ0n) is 19.5. The summed E-state index contributed by atoms with van der Waals surface area (Å²) in [5, 5.41) is 0. The maximum atomic E-state index is 6.15. The van der Waals surface area contributed by atoms with E-state index in [-0.39, 0.29) is 6.10 Å². The van der Waals surface area contributed by atoms with Gasteiger partial charge in [-0.15, -0.1) is 0 Å². The number of imidazole rings is 1. The van der Waals surface area contributed by atoms with Crippen LogP contribution < -0.4 is 19.9 Å². The minimum absolute atomic E-state index is 0.324. The van der Waals surface area contributed by atoms with Crippen LogP contribution in [0.3, 0.4) is 0 Å². The number of hydrogen-bond acceptors (Lipinski definition) is 8. The summed E-state index contributed by atoms with van der Waals surface area (Å²) in [6.07, 6.45) is 4.71. The van der Waals surface area contributed by atoms with Gasteiger partial charge in [0.25, 0.3) is 0 Å². The fourth-order valence-electron chi connectivity index (χ4n) is 3.68. The molecule has 4 aromatic rings. The highest BCUT2D eigenvalue weighted by atomic mass is 16.6. The van der Waals surface area contributed by atoms with Crippen LogP contribution in [0.4, 0.5) is 0 Å². The van der Waals surface area contributed by atoms with Gasteiger partial charge in [0, 0.05) is 18.7 Å². The topological polar surface area (TPSA) is 110 Å². The summed E-state index contributed by atoms with van der Waals surface area (Å²) >= 11 is 0. The summed E-state index contributed by atoms with van der Waals surface area (Å²) in [6.45, 7) is 6.36. The number of ether oxygens (including phenoxy) is 3. The number of nitrogens with zero attached hydrogens (tertiary/aromatic N) is 4. The number of pyridine rings is 1. The summed E-state index contributed by atoms with van der Waals surface area (Å²) in [6, 6.07) is 5.78. The number of benzene rings is 1. The van der Waals surface area contributed by atoms with E-state index in [9.17, 15) is 0 Å². The molecule has 2 N–H and O–H groups in total. The van der Waals surface area contributed by atoms with E-state index in [1.807, 2.05) is 36.6 Å². The fourth-order valence-corrected chi connectivity index (χ4v) is 3.68. The third-order valence-electron chi connectivity index (χ3n) is 5.25. The zero-order valence-corrected chi connectivity index (χ0v) is 19.5. The predicted molar refractivity (Wildman–Crippen MR) is 125 cm³/mol. The second-order valence-corrected chi connectivity index (χ2v) is 8.75. The molecule has 174 valence electrons. The minimum atomic E-state index is -0.570. The van der Waals surface area contributed by atoms with Crippen molar-refractivity contribution in [3.05, 3.63) is 59.7 Å². The lowest BCUT2D eigenvalue weighted by molar-refractivity contribution is 0.0840. The van der Waals surface area contributed by atoms with Gasteiger partial charge in [0.1, 0.15) is 24.1 Å². The summed E-state index contributed by atoms with van der Waals surface area (Å²) in [4.78, 5) is 13.4. The first-order valence-corrected chi connectivity index (χ1v) is 10.8. The molecule has 0 bridgehead atoms. The molecular formula is C25H25N5O4. The van der Waals surface area contributed by atoms with Crippen molar-refractivity contribution in [2.24, 2.45) is 5.73 Å². The molecule has 1 aromatic carbocycles. The first-order valence-electron chi connectivity index (χ1n) is 10.8. The van der Waals surface area contributed by atoms with Crippen LogP contribution in [0.5, 0.6) is 17.2 Å². The number of aromatic nitrogens is 4. The van der Waals surface area contributed by atoms with Crippen molar-refractivity contribution in [2.75, 3.05) is 13.7 Å². The molecule has 4 heterocycles. The van der Waals surface area contributed by atoms with Gasteiger partial charge in [-0.25, -0.2) is 15.0 Å². The van der Waals surface area contributed by atoms with E-state index in [0.29, 0.717) is 42.0 Å². The summed E-state index contributed by atoms with van der Waals surface area (Å²) in [5.41, 5.74) is 9.31. The normalized spacial score (nSPS) is 15.1. The average molecular weight is 460 g/mol. The molecule has 1 aliphatic heterocycles. The van der Waals surface area contributed by atoms with Gasteiger partial charge < -0.3 is 28.9 Å². The molecule has 0 amide bonds. The Morgan fingerprint density at radius 1 is 1.26 bits per heavy atom. The number of aryl methyl sites for hydroxylation is 1. The number of methoxy groups -OCH3 is 1. The molecule has 1 aliphatic rings. The van der Waals surface area contributed by atoms with E-state index >= 15 is 0 Å². The predicted octanol–water partition coefficient (Wildman–Crippen LogP) is 3.39. The SMILES string of the molecule is COc1cc(Cn2cnc3cc(C#CC(C)(C)N)cnc32)cc2c1OC(c1coc(C)n1)CO2. The molecule has 0 saturated heterocycles. The van der Waals surface area contributed by atoms with Gasteiger partial charge >= 0.3 is 0 Å². The lowest BCUT2D eigenvalue weighted by atomic mass is 10.1. The molecule has 1 atom stereocenters. The van der Waals surface area contributed by atoms with Gasteiger partial charge in [-0.2, -0.15) is 0 Å². The molecule has 34 heavy (non-hydrogen) atoms. The van der Waals surface area contributed by atoms with Crippen LogP contribution in [-0.2, 0) is 6.54 Å². The van der Waals surface area contributed by atoms with Gasteiger partial charge in [0.15, 0.2) is 29.1 Å². The molecule has 0 saturated carbocycles. The molecule has 0 aliphatic carbocycles. The fraction of sp³-hybridized carbons (Fsp3) is 0.320. The Labute approximate surface area is 196 Å². The van der Waals surface area contributed by atoms with Gasteiger partial charge in [-0.3, -0.25) is 0 Å². The van der Waals surface area contributed by atoms with E-state index in [4.69, 9.17) is 24.4 Å². The zero-order chi connectivity index (χ0) is 23.9. The molecular weight excluding hydrogens is 434 g/mol. The van der Waals surface area contributed by atoms with E-state index in [1.165, 1.54) is 0 Å². The van der Waals surface area contributed by atoms with Crippen LogP contribution in [0.15, 0.2) is 41.4 Å². The highest BCUT2D eigenvalue weighted by molar-refractivity contribution is 5.72. The Morgan fingerprint density at radius 3 is 2.85 bits per heavy atom. The summed E-state index contributed by atoms with van der Waals surface area (Å²) < 4.78 is 25.0. The Balaban J connectivity index is 1.40. The Morgan fingerprint density at radius 2 is 2.12 bits per heavy atom. The molecule has 0 fully saturated rings. The van der Waals surface area contributed by atoms with Gasteiger partial charge in [0.2, 0.25) is 5.75 Å². The van der Waals surface area contributed by atoms with Crippen molar-refractivity contribution < 1.29 is 18.6 Å². The maximum absolute atomic E-state index is 6.15. The number of oxazole rings is 1. The van der Waals surface area contributed by atoms with Crippen molar-refractivity contribution in [3.8, 4) is 29.1 Å². The second kappa shape index (κ2) is 8.39. The van der Waals surface area contributed by atoms with Crippen LogP contribution >= 0.6 is 0 Å². The lowest BCUT2D eigenvalue weighted by Crippen LogP contribution is -2.29. The van der Waals surface area contributed by atoms with E-state index in [0.717, 1.165) is 22.3 Å². The molecule has 0 radical (unpaired) electrons. The van der Waals surface area contributed by atoms with Gasteiger partial charge in [-0.05, 0) is 37.6 Å². The van der Waals surface area contributed by atoms with Gasteiger partial charge in [-0.1, -0.05) is 11.8 Å². The van der Waals surface area contributed by atoms with Crippen molar-refractivity contribution in [2.45, 2.75) is 39.0 Å². The van der Waals surface area contributed by atoms with Gasteiger partial charge in [0.05, 0.1) is 25.5 Å². The van der Waals surface area contributed by atoms with Crippen molar-refractivity contribution >= 4 is 11.2 Å². The third kappa shape index (κ3) is 4.40. The number of nitrogens with two attached hydrogens (primary N) is 1. The van der Waals surface area contributed by atoms with E-state index in [1.54, 1.807) is 32.8 Å². The number of fused-ring (bicyclic) bond motifs is 2. The first-order chi connectivity index (χ1) is 16.3. The highest BCUT2D eigenvalue weighted by Crippen LogP contribution is 2.44.